The van der Waals surface area contributed by atoms with Crippen LogP contribution in [-0.2, 0) is 12.8 Å². The van der Waals surface area contributed by atoms with Crippen LogP contribution in [0.1, 0.15) is 102 Å². The fourth-order valence-corrected chi connectivity index (χ4v) is 5.63. The summed E-state index contributed by atoms with van der Waals surface area (Å²) in [6.45, 7) is 4.58. The number of fused-ring (bicyclic) bond motifs is 3. The highest BCUT2D eigenvalue weighted by atomic mass is 32.1. The highest BCUT2D eigenvalue weighted by molar-refractivity contribution is 7.25. The van der Waals surface area contributed by atoms with Crippen LogP contribution < -0.4 is 0 Å². The van der Waals surface area contributed by atoms with Crippen molar-refractivity contribution in [1.29, 1.82) is 0 Å². The molecule has 0 bridgehead atoms. The molecule has 1 heteroatoms. The third-order valence-corrected chi connectivity index (χ3v) is 7.36. The molecule has 0 atom stereocenters. The van der Waals surface area contributed by atoms with Crippen LogP contribution in [0.3, 0.4) is 0 Å². The number of thiophene rings is 1. The largest absolute Gasteiger partial charge is 0.135 e. The molecule has 1 heterocycles. The van der Waals surface area contributed by atoms with Crippen LogP contribution in [0.5, 0.6) is 0 Å². The van der Waals surface area contributed by atoms with E-state index in [1.54, 1.807) is 0 Å². The first-order chi connectivity index (χ1) is 14.3. The Bertz CT molecular complexity index is 787. The molecule has 0 N–H and O–H groups in total. The van der Waals surface area contributed by atoms with E-state index in [4.69, 9.17) is 0 Å². The Morgan fingerprint density at radius 3 is 1.38 bits per heavy atom. The van der Waals surface area contributed by atoms with Gasteiger partial charge in [-0.15, -0.1) is 11.3 Å². The Morgan fingerprint density at radius 1 is 0.517 bits per heavy atom. The maximum absolute atomic E-state index is 2.46. The second-order valence-corrected chi connectivity index (χ2v) is 9.88. The first-order valence-corrected chi connectivity index (χ1v) is 13.1. The fraction of sp³-hybridized carbons (Fsp3) is 0.571. The van der Waals surface area contributed by atoms with Gasteiger partial charge in [0.1, 0.15) is 0 Å². The molecule has 0 unspecified atom stereocenters. The summed E-state index contributed by atoms with van der Waals surface area (Å²) in [6.07, 6.45) is 19.0. The zero-order chi connectivity index (χ0) is 20.3. The summed E-state index contributed by atoms with van der Waals surface area (Å²) < 4.78 is 2.94. The number of benzene rings is 2. The van der Waals surface area contributed by atoms with Crippen molar-refractivity contribution in [3.63, 3.8) is 0 Å². The molecule has 1 aromatic heterocycles. The van der Waals surface area contributed by atoms with Crippen molar-refractivity contribution in [3.8, 4) is 0 Å². The lowest BCUT2D eigenvalue weighted by atomic mass is 10.0. The maximum Gasteiger partial charge on any atom is 0.0358 e. The molecular weight excluding hydrogens is 368 g/mol. The van der Waals surface area contributed by atoms with Crippen LogP contribution >= 0.6 is 11.3 Å². The highest BCUT2D eigenvalue weighted by Gasteiger charge is 2.07. The lowest BCUT2D eigenvalue weighted by molar-refractivity contribution is 0.607. The number of rotatable bonds is 14. The molecule has 0 spiro atoms. The molecule has 0 fully saturated rings. The van der Waals surface area contributed by atoms with Crippen molar-refractivity contribution in [1.82, 2.24) is 0 Å². The van der Waals surface area contributed by atoms with E-state index in [-0.39, 0.29) is 0 Å². The van der Waals surface area contributed by atoms with Gasteiger partial charge in [0.15, 0.2) is 0 Å². The number of hydrogen-bond acceptors (Lipinski definition) is 1. The highest BCUT2D eigenvalue weighted by Crippen LogP contribution is 2.35. The van der Waals surface area contributed by atoms with E-state index in [0.717, 1.165) is 0 Å². The van der Waals surface area contributed by atoms with Gasteiger partial charge in [0.2, 0.25) is 0 Å². The van der Waals surface area contributed by atoms with Gasteiger partial charge >= 0.3 is 0 Å². The summed E-state index contributed by atoms with van der Waals surface area (Å²) in [5.74, 6) is 0. The molecule has 0 nitrogen and oxygen atoms in total. The SMILES string of the molecule is CCCCCCCCc1ccc2c(c1)sc1cc(CCCCCCCC)ccc12. The van der Waals surface area contributed by atoms with E-state index in [9.17, 15) is 0 Å². The van der Waals surface area contributed by atoms with Crippen LogP contribution in [0.15, 0.2) is 36.4 Å². The van der Waals surface area contributed by atoms with E-state index >= 15 is 0 Å². The molecule has 0 saturated carbocycles. The standard InChI is InChI=1S/C28H40S/c1-3-5-7-9-11-13-15-23-17-19-25-26-20-18-24(16-14-12-10-8-6-4-2)22-28(26)29-27(25)21-23/h17-22H,3-16H2,1-2H3. The summed E-state index contributed by atoms with van der Waals surface area (Å²) in [4.78, 5) is 0. The molecule has 0 amide bonds. The summed E-state index contributed by atoms with van der Waals surface area (Å²) in [6, 6.07) is 14.4. The van der Waals surface area contributed by atoms with Gasteiger partial charge in [-0.05, 0) is 48.9 Å². The number of unbranched alkanes of at least 4 members (excludes halogenated alkanes) is 10. The molecule has 0 saturated heterocycles. The number of aryl methyl sites for hydroxylation is 2. The van der Waals surface area contributed by atoms with E-state index in [1.807, 2.05) is 11.3 Å². The van der Waals surface area contributed by atoms with Gasteiger partial charge in [0.25, 0.3) is 0 Å². The minimum atomic E-state index is 1.24. The van der Waals surface area contributed by atoms with E-state index in [2.05, 4.69) is 50.2 Å². The molecule has 29 heavy (non-hydrogen) atoms. The smallest absolute Gasteiger partial charge is 0.0358 e. The van der Waals surface area contributed by atoms with Crippen molar-refractivity contribution in [2.75, 3.05) is 0 Å². The lowest BCUT2D eigenvalue weighted by Crippen LogP contribution is -1.86. The zero-order valence-electron chi connectivity index (χ0n) is 18.8. The van der Waals surface area contributed by atoms with Crippen LogP contribution in [0.4, 0.5) is 0 Å². The molecular formula is C28H40S. The fourth-order valence-electron chi connectivity index (χ4n) is 4.40. The third kappa shape index (κ3) is 6.85. The summed E-state index contributed by atoms with van der Waals surface area (Å²) in [5.41, 5.74) is 3.04. The molecule has 158 valence electrons. The van der Waals surface area contributed by atoms with E-state index < -0.39 is 0 Å². The van der Waals surface area contributed by atoms with Gasteiger partial charge in [-0.3, -0.25) is 0 Å². The van der Waals surface area contributed by atoms with Crippen molar-refractivity contribution in [3.05, 3.63) is 47.5 Å². The molecule has 3 rings (SSSR count). The minimum absolute atomic E-state index is 1.24. The molecule has 2 aromatic carbocycles. The van der Waals surface area contributed by atoms with Crippen LogP contribution in [0.25, 0.3) is 20.2 Å². The van der Waals surface area contributed by atoms with Crippen LogP contribution in [0, 0.1) is 0 Å². The van der Waals surface area contributed by atoms with Gasteiger partial charge < -0.3 is 0 Å². The monoisotopic (exact) mass is 408 g/mol. The number of hydrogen-bond donors (Lipinski definition) is 0. The second-order valence-electron chi connectivity index (χ2n) is 8.80. The minimum Gasteiger partial charge on any atom is -0.135 e. The van der Waals surface area contributed by atoms with Gasteiger partial charge in [-0.2, -0.15) is 0 Å². The average Bonchev–Trinajstić information content (AvgIpc) is 3.10. The van der Waals surface area contributed by atoms with Crippen molar-refractivity contribution < 1.29 is 0 Å². The molecule has 0 aliphatic rings. The quantitative estimate of drug-likeness (QED) is 0.233. The molecule has 3 aromatic rings. The first-order valence-electron chi connectivity index (χ1n) is 12.3. The summed E-state index contributed by atoms with van der Waals surface area (Å²) >= 11 is 1.99. The normalized spacial score (nSPS) is 11.7. The Kier molecular flexibility index (Phi) is 9.54. The van der Waals surface area contributed by atoms with Gasteiger partial charge in [-0.1, -0.05) is 102 Å². The Labute approximate surface area is 182 Å². The maximum atomic E-state index is 2.46. The van der Waals surface area contributed by atoms with Crippen molar-refractivity contribution in [2.45, 2.75) is 104 Å². The molecule has 0 radical (unpaired) electrons. The predicted molar refractivity (Wildman–Crippen MR) is 133 cm³/mol. The third-order valence-electron chi connectivity index (χ3n) is 6.24. The Morgan fingerprint density at radius 2 is 0.931 bits per heavy atom. The van der Waals surface area contributed by atoms with Gasteiger partial charge in [0, 0.05) is 20.2 Å². The average molecular weight is 409 g/mol. The van der Waals surface area contributed by atoms with Gasteiger partial charge in [0.05, 0.1) is 0 Å². The van der Waals surface area contributed by atoms with Crippen LogP contribution in [0.2, 0.25) is 0 Å². The first kappa shape index (κ1) is 22.3. The Balaban J connectivity index is 1.56. The summed E-state index contributed by atoms with van der Waals surface area (Å²) in [5, 5.41) is 2.89. The van der Waals surface area contributed by atoms with Crippen molar-refractivity contribution >= 4 is 31.5 Å². The van der Waals surface area contributed by atoms with E-state index in [1.165, 1.54) is 121 Å². The van der Waals surface area contributed by atoms with E-state index in [0.29, 0.717) is 0 Å². The Hall–Kier alpha value is -1.34. The van der Waals surface area contributed by atoms with Crippen molar-refractivity contribution in [2.24, 2.45) is 0 Å². The second kappa shape index (κ2) is 12.4. The molecule has 0 aliphatic heterocycles. The van der Waals surface area contributed by atoms with Crippen LogP contribution in [-0.4, -0.2) is 0 Å². The van der Waals surface area contributed by atoms with Gasteiger partial charge in [-0.25, -0.2) is 0 Å². The zero-order valence-corrected chi connectivity index (χ0v) is 19.6. The predicted octanol–water partition coefficient (Wildman–Crippen LogP) is 9.86. The molecule has 0 aliphatic carbocycles. The summed E-state index contributed by atoms with van der Waals surface area (Å²) in [7, 11) is 0. The topological polar surface area (TPSA) is 0 Å². The lowest BCUT2D eigenvalue weighted by Gasteiger charge is -2.03.